The van der Waals surface area contributed by atoms with Gasteiger partial charge in [-0.3, -0.25) is 0 Å². The molecule has 3 heteroatoms. The molecule has 1 aromatic rings. The molecule has 0 saturated heterocycles. The quantitative estimate of drug-likeness (QED) is 0.781. The Morgan fingerprint density at radius 1 is 1.36 bits per heavy atom. The van der Waals surface area contributed by atoms with Crippen molar-refractivity contribution >= 4 is 15.9 Å². The van der Waals surface area contributed by atoms with Gasteiger partial charge in [-0.2, -0.15) is 5.48 Å². The fourth-order valence-corrected chi connectivity index (χ4v) is 1.02. The van der Waals surface area contributed by atoms with Gasteiger partial charge in [0.2, 0.25) is 0 Å². The standard InChI is InChI=1S/C8H10BrNO/c1-11-10-6-7-2-4-8(9)5-3-7/h2-5,10H,6H2,1H3. The molecule has 0 fully saturated rings. The molecule has 2 nitrogen and oxygen atoms in total. The monoisotopic (exact) mass is 215 g/mol. The van der Waals surface area contributed by atoms with Gasteiger partial charge in [-0.05, 0) is 17.7 Å². The molecular formula is C8H10BrNO. The van der Waals surface area contributed by atoms with E-state index >= 15 is 0 Å². The predicted octanol–water partition coefficient (Wildman–Crippen LogP) is 2.10. The topological polar surface area (TPSA) is 21.3 Å². The van der Waals surface area contributed by atoms with E-state index in [-0.39, 0.29) is 0 Å². The summed E-state index contributed by atoms with van der Waals surface area (Å²) in [6.45, 7) is 0.740. The highest BCUT2D eigenvalue weighted by Crippen LogP contribution is 2.09. The smallest absolute Gasteiger partial charge is 0.0572 e. The van der Waals surface area contributed by atoms with Gasteiger partial charge in [0.1, 0.15) is 0 Å². The van der Waals surface area contributed by atoms with Crippen molar-refractivity contribution in [3.63, 3.8) is 0 Å². The second-order valence-corrected chi connectivity index (χ2v) is 3.07. The van der Waals surface area contributed by atoms with E-state index in [1.807, 2.05) is 24.3 Å². The van der Waals surface area contributed by atoms with Crippen LogP contribution >= 0.6 is 15.9 Å². The Labute approximate surface area is 74.6 Å². The van der Waals surface area contributed by atoms with Crippen molar-refractivity contribution in [2.45, 2.75) is 6.54 Å². The number of rotatable bonds is 3. The molecule has 11 heavy (non-hydrogen) atoms. The third kappa shape index (κ3) is 3.01. The van der Waals surface area contributed by atoms with Crippen molar-refractivity contribution in [3.05, 3.63) is 34.3 Å². The molecule has 0 aliphatic heterocycles. The van der Waals surface area contributed by atoms with Crippen LogP contribution in [0.25, 0.3) is 0 Å². The minimum Gasteiger partial charge on any atom is -0.305 e. The minimum atomic E-state index is 0.740. The number of halogens is 1. The average molecular weight is 216 g/mol. The Morgan fingerprint density at radius 3 is 2.55 bits per heavy atom. The third-order valence-electron chi connectivity index (χ3n) is 1.33. The molecule has 1 rings (SSSR count). The molecule has 1 aromatic carbocycles. The zero-order chi connectivity index (χ0) is 8.10. The van der Waals surface area contributed by atoms with E-state index in [0.29, 0.717) is 0 Å². The molecule has 0 spiro atoms. The zero-order valence-corrected chi connectivity index (χ0v) is 7.89. The number of hydrogen-bond donors (Lipinski definition) is 1. The van der Waals surface area contributed by atoms with Crippen LogP contribution in [0, 0.1) is 0 Å². The molecular weight excluding hydrogens is 206 g/mol. The first-order valence-corrected chi connectivity index (χ1v) is 4.12. The summed E-state index contributed by atoms with van der Waals surface area (Å²) < 4.78 is 1.10. The van der Waals surface area contributed by atoms with Gasteiger partial charge < -0.3 is 4.84 Å². The highest BCUT2D eigenvalue weighted by Gasteiger charge is 1.90. The summed E-state index contributed by atoms with van der Waals surface area (Å²) in [5, 5.41) is 0. The van der Waals surface area contributed by atoms with E-state index in [1.54, 1.807) is 7.11 Å². The van der Waals surface area contributed by atoms with E-state index in [4.69, 9.17) is 4.84 Å². The molecule has 0 saturated carbocycles. The Bertz CT molecular complexity index is 210. The summed E-state index contributed by atoms with van der Waals surface area (Å²) >= 11 is 3.36. The van der Waals surface area contributed by atoms with Gasteiger partial charge >= 0.3 is 0 Å². The van der Waals surface area contributed by atoms with E-state index in [0.717, 1.165) is 11.0 Å². The highest BCUT2D eigenvalue weighted by molar-refractivity contribution is 9.10. The Morgan fingerprint density at radius 2 is 2.00 bits per heavy atom. The molecule has 1 N–H and O–H groups in total. The zero-order valence-electron chi connectivity index (χ0n) is 6.30. The lowest BCUT2D eigenvalue weighted by Crippen LogP contribution is -2.10. The van der Waals surface area contributed by atoms with E-state index in [1.165, 1.54) is 5.56 Å². The number of nitrogens with one attached hydrogen (secondary N) is 1. The maximum absolute atomic E-state index is 4.71. The van der Waals surface area contributed by atoms with Gasteiger partial charge in [0.25, 0.3) is 0 Å². The van der Waals surface area contributed by atoms with Gasteiger partial charge in [-0.25, -0.2) is 0 Å². The second-order valence-electron chi connectivity index (χ2n) is 2.15. The van der Waals surface area contributed by atoms with E-state index < -0.39 is 0 Å². The number of hydroxylamine groups is 1. The summed E-state index contributed by atoms with van der Waals surface area (Å²) in [5.41, 5.74) is 3.97. The molecule has 0 aliphatic rings. The summed E-state index contributed by atoms with van der Waals surface area (Å²) in [5.74, 6) is 0. The molecule has 0 aliphatic carbocycles. The van der Waals surface area contributed by atoms with Crippen LogP contribution in [0.15, 0.2) is 28.7 Å². The van der Waals surface area contributed by atoms with Gasteiger partial charge in [-0.1, -0.05) is 28.1 Å². The molecule has 0 amide bonds. The fourth-order valence-electron chi connectivity index (χ4n) is 0.758. The van der Waals surface area contributed by atoms with Gasteiger partial charge in [0, 0.05) is 11.0 Å². The summed E-state index contributed by atoms with van der Waals surface area (Å²) in [7, 11) is 1.61. The van der Waals surface area contributed by atoms with Crippen molar-refractivity contribution < 1.29 is 4.84 Å². The normalized spacial score (nSPS) is 10.0. The van der Waals surface area contributed by atoms with Crippen LogP contribution in [0.5, 0.6) is 0 Å². The van der Waals surface area contributed by atoms with Crippen molar-refractivity contribution in [2.75, 3.05) is 7.11 Å². The summed E-state index contributed by atoms with van der Waals surface area (Å²) in [6.07, 6.45) is 0. The highest BCUT2D eigenvalue weighted by atomic mass is 79.9. The van der Waals surface area contributed by atoms with Crippen molar-refractivity contribution in [1.82, 2.24) is 5.48 Å². The minimum absolute atomic E-state index is 0.740. The van der Waals surface area contributed by atoms with Crippen LogP contribution in [-0.4, -0.2) is 7.11 Å². The van der Waals surface area contributed by atoms with Crippen LogP contribution in [0.1, 0.15) is 5.56 Å². The molecule has 0 atom stereocenters. The van der Waals surface area contributed by atoms with Crippen LogP contribution in [0.4, 0.5) is 0 Å². The molecule has 0 heterocycles. The molecule has 0 unspecified atom stereocenters. The molecule has 0 radical (unpaired) electrons. The van der Waals surface area contributed by atoms with Crippen LogP contribution in [-0.2, 0) is 11.4 Å². The van der Waals surface area contributed by atoms with Gasteiger partial charge in [0.15, 0.2) is 0 Å². The van der Waals surface area contributed by atoms with Crippen molar-refractivity contribution in [1.29, 1.82) is 0 Å². The average Bonchev–Trinajstić information content (AvgIpc) is 2.04. The largest absolute Gasteiger partial charge is 0.305 e. The first kappa shape index (κ1) is 8.71. The lowest BCUT2D eigenvalue weighted by Gasteiger charge is -2.00. The maximum Gasteiger partial charge on any atom is 0.0572 e. The SMILES string of the molecule is CONCc1ccc(Br)cc1. The van der Waals surface area contributed by atoms with Gasteiger partial charge in [-0.15, -0.1) is 0 Å². The van der Waals surface area contributed by atoms with E-state index in [9.17, 15) is 0 Å². The van der Waals surface area contributed by atoms with Crippen LogP contribution in [0.3, 0.4) is 0 Å². The van der Waals surface area contributed by atoms with Crippen molar-refractivity contribution in [2.24, 2.45) is 0 Å². The lowest BCUT2D eigenvalue weighted by molar-refractivity contribution is 0.0867. The fraction of sp³-hybridized carbons (Fsp3) is 0.250. The predicted molar refractivity (Wildman–Crippen MR) is 48.0 cm³/mol. The first-order valence-electron chi connectivity index (χ1n) is 3.33. The van der Waals surface area contributed by atoms with E-state index in [2.05, 4.69) is 21.4 Å². The number of benzene rings is 1. The van der Waals surface area contributed by atoms with Crippen LogP contribution < -0.4 is 5.48 Å². The first-order chi connectivity index (χ1) is 5.33. The maximum atomic E-state index is 4.71. The Kier molecular flexibility index (Phi) is 3.56. The lowest BCUT2D eigenvalue weighted by atomic mass is 10.2. The number of hydrogen-bond acceptors (Lipinski definition) is 2. The Hall–Kier alpha value is -0.380. The second kappa shape index (κ2) is 4.49. The van der Waals surface area contributed by atoms with Crippen molar-refractivity contribution in [3.8, 4) is 0 Å². The molecule has 0 aromatic heterocycles. The van der Waals surface area contributed by atoms with Crippen LogP contribution in [0.2, 0.25) is 0 Å². The van der Waals surface area contributed by atoms with Gasteiger partial charge in [0.05, 0.1) is 7.11 Å². The molecule has 60 valence electrons. The summed E-state index contributed by atoms with van der Waals surface area (Å²) in [6, 6.07) is 8.09. The Balaban J connectivity index is 2.52. The molecule has 0 bridgehead atoms. The summed E-state index contributed by atoms with van der Waals surface area (Å²) in [4.78, 5) is 4.71. The third-order valence-corrected chi connectivity index (χ3v) is 1.86.